The number of aliphatic carboxylic acids is 1. The molecule has 0 bridgehead atoms. The zero-order valence-electron chi connectivity index (χ0n) is 16.0. The van der Waals surface area contributed by atoms with Crippen molar-refractivity contribution < 1.29 is 19.4 Å². The highest BCUT2D eigenvalue weighted by Gasteiger charge is 2.29. The zero-order valence-corrected chi connectivity index (χ0v) is 16.0. The van der Waals surface area contributed by atoms with E-state index >= 15 is 0 Å². The second-order valence-corrected chi connectivity index (χ2v) is 7.36. The predicted molar refractivity (Wildman–Crippen MR) is 108 cm³/mol. The molecule has 1 fully saturated rings. The van der Waals surface area contributed by atoms with E-state index in [4.69, 9.17) is 9.84 Å². The van der Waals surface area contributed by atoms with Crippen LogP contribution in [0.15, 0.2) is 54.6 Å². The fourth-order valence-electron chi connectivity index (χ4n) is 3.61. The van der Waals surface area contributed by atoms with Gasteiger partial charge in [0, 0.05) is 11.6 Å². The molecule has 1 aliphatic rings. The molecule has 2 aromatic carbocycles. The Labute approximate surface area is 165 Å². The van der Waals surface area contributed by atoms with Gasteiger partial charge in [-0.2, -0.15) is 0 Å². The molecule has 1 amide bonds. The number of amides is 1. The Morgan fingerprint density at radius 2 is 1.61 bits per heavy atom. The molecule has 0 saturated heterocycles. The molecule has 1 aliphatic carbocycles. The van der Waals surface area contributed by atoms with Crippen molar-refractivity contribution in [2.24, 2.45) is 11.8 Å². The molecule has 0 radical (unpaired) electrons. The third-order valence-electron chi connectivity index (χ3n) is 5.29. The Bertz CT molecular complexity index is 782. The van der Waals surface area contributed by atoms with Crippen molar-refractivity contribution in [3.05, 3.63) is 65.7 Å². The molecule has 2 N–H and O–H groups in total. The molecule has 0 atom stereocenters. The lowest BCUT2D eigenvalue weighted by Gasteiger charge is -2.25. The predicted octanol–water partition coefficient (Wildman–Crippen LogP) is 4.28. The van der Waals surface area contributed by atoms with E-state index in [0.717, 1.165) is 17.7 Å². The van der Waals surface area contributed by atoms with E-state index in [1.54, 1.807) is 0 Å². The highest BCUT2D eigenvalue weighted by atomic mass is 16.5. The molecular weight excluding hydrogens is 354 g/mol. The average Bonchev–Trinajstić information content (AvgIpc) is 2.72. The fraction of sp³-hybridized carbons (Fsp3) is 0.391. The van der Waals surface area contributed by atoms with Crippen molar-refractivity contribution in [3.63, 3.8) is 0 Å². The maximum atomic E-state index is 12.5. The molecule has 0 unspecified atom stereocenters. The van der Waals surface area contributed by atoms with Gasteiger partial charge in [-0.05, 0) is 55.4 Å². The number of hydrogen-bond donors (Lipinski definition) is 2. The largest absolute Gasteiger partial charge is 0.481 e. The molecule has 0 spiro atoms. The van der Waals surface area contributed by atoms with Crippen LogP contribution in [0.1, 0.15) is 36.8 Å². The number of ether oxygens (including phenoxy) is 1. The van der Waals surface area contributed by atoms with Gasteiger partial charge in [-0.25, -0.2) is 0 Å². The number of rotatable bonds is 8. The van der Waals surface area contributed by atoms with Crippen LogP contribution >= 0.6 is 0 Å². The molecule has 28 heavy (non-hydrogen) atoms. The standard InChI is InChI=1S/C23H27NO4/c25-22(19-9-11-20(12-10-19)23(26)27)24-21-8-4-7-18(15-21)16-28-14-13-17-5-2-1-3-6-17/h1-8,15,19-20H,9-14,16H2,(H,24,25)(H,26,27). The lowest BCUT2D eigenvalue weighted by atomic mass is 9.81. The van der Waals surface area contributed by atoms with Gasteiger partial charge in [-0.15, -0.1) is 0 Å². The first-order valence-corrected chi connectivity index (χ1v) is 9.86. The molecule has 0 aliphatic heterocycles. The topological polar surface area (TPSA) is 75.6 Å². The Kier molecular flexibility index (Phi) is 7.20. The molecule has 2 aromatic rings. The summed E-state index contributed by atoms with van der Waals surface area (Å²) in [6, 6.07) is 17.9. The van der Waals surface area contributed by atoms with Crippen LogP contribution in [0, 0.1) is 11.8 Å². The number of carboxylic acid groups (broad SMARTS) is 1. The first kappa shape index (κ1) is 20.1. The number of nitrogens with one attached hydrogen (secondary N) is 1. The third-order valence-corrected chi connectivity index (χ3v) is 5.29. The lowest BCUT2D eigenvalue weighted by Crippen LogP contribution is -2.29. The van der Waals surface area contributed by atoms with E-state index in [1.807, 2.05) is 42.5 Å². The summed E-state index contributed by atoms with van der Waals surface area (Å²) in [5, 5.41) is 12.0. The van der Waals surface area contributed by atoms with Crippen LogP contribution in [0.3, 0.4) is 0 Å². The van der Waals surface area contributed by atoms with Gasteiger partial charge >= 0.3 is 5.97 Å². The van der Waals surface area contributed by atoms with E-state index in [2.05, 4.69) is 17.4 Å². The van der Waals surface area contributed by atoms with Crippen molar-refractivity contribution >= 4 is 17.6 Å². The normalized spacial score (nSPS) is 19.1. The molecule has 5 nitrogen and oxygen atoms in total. The number of carboxylic acids is 1. The minimum atomic E-state index is -0.751. The molecule has 5 heteroatoms. The Morgan fingerprint density at radius 1 is 0.929 bits per heavy atom. The van der Waals surface area contributed by atoms with E-state index in [9.17, 15) is 9.59 Å². The fourth-order valence-corrected chi connectivity index (χ4v) is 3.61. The summed E-state index contributed by atoms with van der Waals surface area (Å²) in [5.74, 6) is -1.19. The van der Waals surface area contributed by atoms with Gasteiger partial charge in [0.05, 0.1) is 19.1 Å². The molecule has 3 rings (SSSR count). The SMILES string of the molecule is O=C(O)C1CCC(C(=O)Nc2cccc(COCCc3ccccc3)c2)CC1. The first-order chi connectivity index (χ1) is 13.6. The Balaban J connectivity index is 1.44. The van der Waals surface area contributed by atoms with E-state index in [-0.39, 0.29) is 17.7 Å². The van der Waals surface area contributed by atoms with Crippen LogP contribution in [0.4, 0.5) is 5.69 Å². The van der Waals surface area contributed by atoms with Crippen LogP contribution in [0.2, 0.25) is 0 Å². The minimum Gasteiger partial charge on any atom is -0.481 e. The summed E-state index contributed by atoms with van der Waals surface area (Å²) in [6.07, 6.45) is 3.28. The van der Waals surface area contributed by atoms with E-state index < -0.39 is 5.97 Å². The molecule has 0 aromatic heterocycles. The summed E-state index contributed by atoms with van der Waals surface area (Å²) in [6.45, 7) is 1.15. The summed E-state index contributed by atoms with van der Waals surface area (Å²) in [7, 11) is 0. The lowest BCUT2D eigenvalue weighted by molar-refractivity contribution is -0.143. The summed E-state index contributed by atoms with van der Waals surface area (Å²) < 4.78 is 5.77. The number of anilines is 1. The second kappa shape index (κ2) is 10.0. The smallest absolute Gasteiger partial charge is 0.306 e. The molecule has 148 valence electrons. The number of carbonyl (C=O) groups is 2. The second-order valence-electron chi connectivity index (χ2n) is 7.36. The summed E-state index contributed by atoms with van der Waals surface area (Å²) in [5.41, 5.74) is 3.02. The van der Waals surface area contributed by atoms with Gasteiger partial charge in [0.2, 0.25) is 5.91 Å². The van der Waals surface area contributed by atoms with Gasteiger partial charge < -0.3 is 15.2 Å². The molecule has 0 heterocycles. The van der Waals surface area contributed by atoms with Crippen LogP contribution in [0.5, 0.6) is 0 Å². The Hall–Kier alpha value is -2.66. The van der Waals surface area contributed by atoms with E-state index in [1.165, 1.54) is 5.56 Å². The number of benzene rings is 2. The van der Waals surface area contributed by atoms with E-state index in [0.29, 0.717) is 38.9 Å². The maximum absolute atomic E-state index is 12.5. The summed E-state index contributed by atoms with van der Waals surface area (Å²) in [4.78, 5) is 23.5. The van der Waals surface area contributed by atoms with Gasteiger partial charge in [0.15, 0.2) is 0 Å². The Morgan fingerprint density at radius 3 is 2.32 bits per heavy atom. The van der Waals surface area contributed by atoms with Crippen molar-refractivity contribution in [2.75, 3.05) is 11.9 Å². The van der Waals surface area contributed by atoms with Crippen molar-refractivity contribution in [2.45, 2.75) is 38.7 Å². The highest BCUT2D eigenvalue weighted by molar-refractivity contribution is 5.92. The first-order valence-electron chi connectivity index (χ1n) is 9.86. The minimum absolute atomic E-state index is 0.0222. The number of hydrogen-bond acceptors (Lipinski definition) is 3. The van der Waals surface area contributed by atoms with Crippen LogP contribution in [0.25, 0.3) is 0 Å². The van der Waals surface area contributed by atoms with Gasteiger partial charge in [0.1, 0.15) is 0 Å². The van der Waals surface area contributed by atoms with Crippen LogP contribution in [-0.4, -0.2) is 23.6 Å². The maximum Gasteiger partial charge on any atom is 0.306 e. The van der Waals surface area contributed by atoms with Crippen molar-refractivity contribution in [1.82, 2.24) is 0 Å². The van der Waals surface area contributed by atoms with Gasteiger partial charge in [-0.1, -0.05) is 42.5 Å². The van der Waals surface area contributed by atoms with Crippen molar-refractivity contribution in [1.29, 1.82) is 0 Å². The van der Waals surface area contributed by atoms with Crippen molar-refractivity contribution in [3.8, 4) is 0 Å². The molecular formula is C23H27NO4. The zero-order chi connectivity index (χ0) is 19.8. The molecule has 1 saturated carbocycles. The van der Waals surface area contributed by atoms with Crippen LogP contribution in [-0.2, 0) is 27.4 Å². The third kappa shape index (κ3) is 5.92. The summed E-state index contributed by atoms with van der Waals surface area (Å²) >= 11 is 0. The van der Waals surface area contributed by atoms with Crippen LogP contribution < -0.4 is 5.32 Å². The van der Waals surface area contributed by atoms with Gasteiger partial charge in [-0.3, -0.25) is 9.59 Å². The highest BCUT2D eigenvalue weighted by Crippen LogP contribution is 2.29. The average molecular weight is 381 g/mol. The quantitative estimate of drug-likeness (QED) is 0.670. The number of carbonyl (C=O) groups excluding carboxylic acids is 1. The monoisotopic (exact) mass is 381 g/mol. The van der Waals surface area contributed by atoms with Gasteiger partial charge in [0.25, 0.3) is 0 Å².